The quantitative estimate of drug-likeness (QED) is 0.0240. The van der Waals surface area contributed by atoms with Crippen LogP contribution in [0.1, 0.15) is 65.5 Å². The van der Waals surface area contributed by atoms with E-state index in [1.165, 1.54) is 89.7 Å². The van der Waals surface area contributed by atoms with Gasteiger partial charge in [-0.2, -0.15) is 74.6 Å². The summed E-state index contributed by atoms with van der Waals surface area (Å²) in [6.07, 6.45) is -10.5. The highest BCUT2D eigenvalue weighted by molar-refractivity contribution is 6.76. The third-order valence-corrected chi connectivity index (χ3v) is 16.2. The molecule has 0 bridgehead atoms. The first-order valence-electron chi connectivity index (χ1n) is 19.3. The van der Waals surface area contributed by atoms with Crippen molar-refractivity contribution in [2.75, 3.05) is 25.6 Å². The molecule has 0 unspecified atom stereocenters. The number of hydroxylamine groups is 1. The molecule has 1 atom stereocenters. The van der Waals surface area contributed by atoms with Gasteiger partial charge < -0.3 is 18.6 Å². The maximum atomic E-state index is 15.0. The maximum absolute atomic E-state index is 15.0. The molecule has 0 aromatic heterocycles. The predicted molar refractivity (Wildman–Crippen MR) is 203 cm³/mol. The summed E-state index contributed by atoms with van der Waals surface area (Å²) in [5, 5.41) is 11.4. The number of ether oxygens (including phenoxy) is 3. The first-order valence-corrected chi connectivity index (χ1v) is 21.5. The van der Waals surface area contributed by atoms with Gasteiger partial charge in [-0.1, -0.05) is 45.9 Å². The summed E-state index contributed by atoms with van der Waals surface area (Å²) in [6.45, 7) is 5.67. The third-order valence-electron chi connectivity index (χ3n) is 10.5. The molecule has 0 aliphatic heterocycles. The summed E-state index contributed by atoms with van der Waals surface area (Å²) in [5.74, 6) is -57.1. The second kappa shape index (κ2) is 21.2. The van der Waals surface area contributed by atoms with E-state index >= 15 is 0 Å². The smallest absolute Gasteiger partial charge is 0.460 e. The molecule has 2 aromatic carbocycles. The molecule has 2 aromatic rings. The summed E-state index contributed by atoms with van der Waals surface area (Å²) in [7, 11) is -2.58. The number of alkyl halides is 17. The van der Waals surface area contributed by atoms with Gasteiger partial charge >= 0.3 is 53.7 Å². The largest absolute Gasteiger partial charge is 0.497 e. The maximum Gasteiger partial charge on any atom is 0.460 e. The number of carbonyl (C=O) groups is 2. The molecule has 2 amide bonds. The van der Waals surface area contributed by atoms with E-state index in [-0.39, 0.29) is 24.2 Å². The van der Waals surface area contributed by atoms with Crippen molar-refractivity contribution in [1.29, 1.82) is 0 Å². The fourth-order valence-corrected chi connectivity index (χ4v) is 10.9. The summed E-state index contributed by atoms with van der Waals surface area (Å²) in [6, 6.07) is 10.5. The zero-order chi connectivity index (χ0) is 51.1. The zero-order valence-electron chi connectivity index (χ0n) is 35.5. The van der Waals surface area contributed by atoms with Gasteiger partial charge in [0.1, 0.15) is 24.2 Å². The van der Waals surface area contributed by atoms with Crippen LogP contribution in [-0.4, -0.2) is 93.5 Å². The molecule has 0 saturated carbocycles. The molecule has 66 heavy (non-hydrogen) atoms. The molecule has 0 fully saturated rings. The number of hydrogen-bond donors (Lipinski definition) is 3. The van der Waals surface area contributed by atoms with E-state index in [0.29, 0.717) is 17.0 Å². The molecule has 376 valence electrons. The topological polar surface area (TPSA) is 115 Å². The van der Waals surface area contributed by atoms with E-state index in [2.05, 4.69) is 5.32 Å². The predicted octanol–water partition coefficient (Wildman–Crippen LogP) is 12.8. The number of hydrogen-bond acceptors (Lipinski definition) is 7. The van der Waals surface area contributed by atoms with Crippen LogP contribution in [0.4, 0.5) is 85.1 Å². The lowest BCUT2D eigenvalue weighted by molar-refractivity contribution is -0.461. The van der Waals surface area contributed by atoms with E-state index in [1.807, 2.05) is 0 Å². The number of halogens is 17. The second-order valence-corrected chi connectivity index (χ2v) is 20.3. The standard InChI is InChI=1S/C39H45F17N2O7Si/c1-22(2)66(23(3)4,21-18-32(40,41)33(42,43)34(44,45)35(46,47)36(48,49)37(50,51)38(52,53)39(54,55)56)64-20-19-63-28-14-10-25(11-15-28)29(9-7-8-24(5)30(59)58-61)65-31(60)57-26-12-16-27(62-6)17-13-26/h8,10-17,22-23,29,61H,7,9,18-21H2,1-6H3,(H,57,60)(H,58,59)/b24-8+/t29-/m0/s1. The van der Waals surface area contributed by atoms with Crippen LogP contribution in [0.5, 0.6) is 11.5 Å². The highest BCUT2D eigenvalue weighted by Crippen LogP contribution is 2.64. The van der Waals surface area contributed by atoms with Crippen LogP contribution in [0.3, 0.4) is 0 Å². The van der Waals surface area contributed by atoms with Gasteiger partial charge in [-0.3, -0.25) is 15.3 Å². The fourth-order valence-electron chi connectivity index (χ4n) is 6.40. The van der Waals surface area contributed by atoms with Gasteiger partial charge in [0, 0.05) is 17.7 Å². The summed E-state index contributed by atoms with van der Waals surface area (Å²) >= 11 is 0. The lowest BCUT2D eigenvalue weighted by Crippen LogP contribution is -2.74. The lowest BCUT2D eigenvalue weighted by atomic mass is 9.88. The van der Waals surface area contributed by atoms with Crippen LogP contribution >= 0.6 is 0 Å². The molecular weight excluding hydrogens is 959 g/mol. The first-order chi connectivity index (χ1) is 30.0. The Hall–Kier alpha value is -4.53. The highest BCUT2D eigenvalue weighted by Gasteiger charge is 2.95. The summed E-state index contributed by atoms with van der Waals surface area (Å²) < 4.78 is 258. The van der Waals surface area contributed by atoms with Crippen molar-refractivity contribution < 1.29 is 108 Å². The van der Waals surface area contributed by atoms with Gasteiger partial charge in [-0.25, -0.2) is 10.3 Å². The number of allylic oxidation sites excluding steroid dienone is 1. The minimum Gasteiger partial charge on any atom is -0.497 e. The van der Waals surface area contributed by atoms with Crippen LogP contribution in [-0.2, 0) is 14.0 Å². The Balaban J connectivity index is 2.28. The van der Waals surface area contributed by atoms with E-state index in [0.717, 1.165) is 0 Å². The molecule has 3 N–H and O–H groups in total. The molecule has 27 heteroatoms. The number of anilines is 1. The van der Waals surface area contributed by atoms with Gasteiger partial charge in [0.2, 0.25) is 0 Å². The van der Waals surface area contributed by atoms with Crippen molar-refractivity contribution >= 4 is 26.0 Å². The first kappa shape index (κ1) is 57.6. The SMILES string of the molecule is COc1ccc(NC(=O)O[C@@H](CC/C=C(\C)C(=O)NO)c2ccc(OCCO[Si](CCC(F)(F)C(F)(F)C(F)(F)C(F)(F)C(F)(F)C(F)(F)C(F)(F)C(F)(F)F)(C(C)C)C(C)C)cc2)cc1. The van der Waals surface area contributed by atoms with Crippen LogP contribution < -0.4 is 20.3 Å². The van der Waals surface area contributed by atoms with Crippen molar-refractivity contribution in [2.45, 2.75) is 125 Å². The van der Waals surface area contributed by atoms with Gasteiger partial charge in [0.25, 0.3) is 5.91 Å². The highest BCUT2D eigenvalue weighted by atomic mass is 28.4. The Morgan fingerprint density at radius 1 is 0.682 bits per heavy atom. The van der Waals surface area contributed by atoms with Gasteiger partial charge in [0.15, 0.2) is 8.32 Å². The van der Waals surface area contributed by atoms with Crippen molar-refractivity contribution in [1.82, 2.24) is 5.48 Å². The molecule has 9 nitrogen and oxygen atoms in total. The van der Waals surface area contributed by atoms with Gasteiger partial charge in [0.05, 0.1) is 13.7 Å². The van der Waals surface area contributed by atoms with Gasteiger partial charge in [-0.15, -0.1) is 0 Å². The number of methoxy groups -OCH3 is 1. The molecule has 2 rings (SSSR count). The van der Waals surface area contributed by atoms with Crippen molar-refractivity contribution in [2.24, 2.45) is 0 Å². The Morgan fingerprint density at radius 3 is 1.61 bits per heavy atom. The van der Waals surface area contributed by atoms with Crippen LogP contribution in [0, 0.1) is 0 Å². The van der Waals surface area contributed by atoms with Crippen molar-refractivity contribution in [3.63, 3.8) is 0 Å². The van der Waals surface area contributed by atoms with E-state index < -0.39 is 111 Å². The Kier molecular flexibility index (Phi) is 18.5. The summed E-state index contributed by atoms with van der Waals surface area (Å²) in [4.78, 5) is 24.5. The molecule has 0 spiro atoms. The van der Waals surface area contributed by atoms with Gasteiger partial charge in [-0.05, 0) is 78.9 Å². The molecule has 0 aliphatic rings. The fraction of sp³-hybridized carbons (Fsp3) is 0.590. The number of benzene rings is 2. The average molecular weight is 1000 g/mol. The molecule has 0 saturated heterocycles. The van der Waals surface area contributed by atoms with Crippen molar-refractivity contribution in [3.05, 3.63) is 65.7 Å². The molecule has 0 radical (unpaired) electrons. The van der Waals surface area contributed by atoms with Crippen LogP contribution in [0.15, 0.2) is 60.2 Å². The Labute approximate surface area is 367 Å². The lowest BCUT2D eigenvalue weighted by Gasteiger charge is -2.44. The van der Waals surface area contributed by atoms with Crippen molar-refractivity contribution in [3.8, 4) is 11.5 Å². The number of amides is 2. The third kappa shape index (κ3) is 11.8. The van der Waals surface area contributed by atoms with Crippen LogP contribution in [0.2, 0.25) is 17.1 Å². The minimum absolute atomic E-state index is 0.102. The van der Waals surface area contributed by atoms with E-state index in [1.54, 1.807) is 12.1 Å². The molecule has 0 heterocycles. The molecular formula is C39H45F17N2O7Si. The normalized spacial score (nSPS) is 14.6. The van der Waals surface area contributed by atoms with E-state index in [4.69, 9.17) is 23.8 Å². The monoisotopic (exact) mass is 1000 g/mol. The number of rotatable bonds is 24. The average Bonchev–Trinajstić information content (AvgIpc) is 3.22. The minimum atomic E-state index is -8.71. The Morgan fingerprint density at radius 2 is 1.15 bits per heavy atom. The summed E-state index contributed by atoms with van der Waals surface area (Å²) in [5.41, 5.74) is 0.552. The number of nitrogens with one attached hydrogen (secondary N) is 2. The second-order valence-electron chi connectivity index (χ2n) is 15.3. The number of carbonyl (C=O) groups excluding carboxylic acids is 2. The van der Waals surface area contributed by atoms with Crippen LogP contribution in [0.25, 0.3) is 0 Å². The Bertz CT molecular complexity index is 1940. The van der Waals surface area contributed by atoms with E-state index in [9.17, 15) is 84.2 Å². The molecule has 0 aliphatic carbocycles. The zero-order valence-corrected chi connectivity index (χ0v) is 36.5.